The minimum absolute atomic E-state index is 0.0590. The van der Waals surface area contributed by atoms with Crippen molar-refractivity contribution in [3.63, 3.8) is 0 Å². The van der Waals surface area contributed by atoms with Gasteiger partial charge in [0, 0.05) is 6.04 Å². The van der Waals surface area contributed by atoms with Gasteiger partial charge < -0.3 is 15.5 Å². The molecule has 102 valence electrons. The van der Waals surface area contributed by atoms with E-state index in [1.807, 2.05) is 19.1 Å². The Bertz CT molecular complexity index is 355. The summed E-state index contributed by atoms with van der Waals surface area (Å²) in [5.41, 5.74) is 1.05. The lowest BCUT2D eigenvalue weighted by molar-refractivity contribution is -0.0491. The molecule has 0 spiro atoms. The van der Waals surface area contributed by atoms with Crippen LogP contribution in [0.4, 0.5) is 8.78 Å². The lowest BCUT2D eigenvalue weighted by Gasteiger charge is -2.18. The van der Waals surface area contributed by atoms with Gasteiger partial charge in [0.25, 0.3) is 5.92 Å². The molecule has 0 bridgehead atoms. The average molecular weight is 259 g/mol. The van der Waals surface area contributed by atoms with Gasteiger partial charge >= 0.3 is 0 Å². The molecule has 1 unspecified atom stereocenters. The van der Waals surface area contributed by atoms with Gasteiger partial charge in [-0.15, -0.1) is 0 Å². The highest BCUT2D eigenvalue weighted by Gasteiger charge is 2.27. The molecule has 1 aromatic rings. The monoisotopic (exact) mass is 259 g/mol. The zero-order chi connectivity index (χ0) is 13.6. The van der Waals surface area contributed by atoms with E-state index in [0.29, 0.717) is 6.42 Å². The maximum absolute atomic E-state index is 12.8. The number of rotatable bonds is 7. The van der Waals surface area contributed by atoms with Gasteiger partial charge in [0.2, 0.25) is 0 Å². The van der Waals surface area contributed by atoms with Crippen molar-refractivity contribution in [2.45, 2.75) is 31.7 Å². The highest BCUT2D eigenvalue weighted by Crippen LogP contribution is 2.13. The third-order valence-electron chi connectivity index (χ3n) is 2.74. The third kappa shape index (κ3) is 5.42. The fourth-order valence-corrected chi connectivity index (χ4v) is 1.53. The Morgan fingerprint density at radius 2 is 1.89 bits per heavy atom. The van der Waals surface area contributed by atoms with Gasteiger partial charge in [-0.25, -0.2) is 8.78 Å². The number of aliphatic hydroxyl groups is 1. The van der Waals surface area contributed by atoms with Gasteiger partial charge in [-0.2, -0.15) is 0 Å². The highest BCUT2D eigenvalue weighted by molar-refractivity contribution is 5.25. The third-order valence-corrected chi connectivity index (χ3v) is 2.74. The van der Waals surface area contributed by atoms with Gasteiger partial charge in [-0.1, -0.05) is 12.1 Å². The van der Waals surface area contributed by atoms with E-state index in [-0.39, 0.29) is 11.8 Å². The molecule has 0 aromatic heterocycles. The Labute approximate surface area is 105 Å². The lowest BCUT2D eigenvalue weighted by Crippen LogP contribution is -2.40. The quantitative estimate of drug-likeness (QED) is 0.701. The highest BCUT2D eigenvalue weighted by atomic mass is 19.3. The topological polar surface area (TPSA) is 52.5 Å². The summed E-state index contributed by atoms with van der Waals surface area (Å²) in [6.07, 6.45) is 1.46. The van der Waals surface area contributed by atoms with Gasteiger partial charge in [-0.3, -0.25) is 0 Å². The van der Waals surface area contributed by atoms with E-state index in [0.717, 1.165) is 12.0 Å². The van der Waals surface area contributed by atoms with Crippen LogP contribution < -0.4 is 5.32 Å². The van der Waals surface area contributed by atoms with Crippen LogP contribution in [0.25, 0.3) is 0 Å². The number of nitrogens with one attached hydrogen (secondary N) is 1. The minimum Gasteiger partial charge on any atom is -0.508 e. The van der Waals surface area contributed by atoms with Gasteiger partial charge in [0.05, 0.1) is 6.54 Å². The van der Waals surface area contributed by atoms with E-state index < -0.39 is 19.1 Å². The van der Waals surface area contributed by atoms with Crippen molar-refractivity contribution in [2.24, 2.45) is 0 Å². The van der Waals surface area contributed by atoms with E-state index >= 15 is 0 Å². The van der Waals surface area contributed by atoms with E-state index in [9.17, 15) is 8.78 Å². The molecule has 0 radical (unpaired) electrons. The van der Waals surface area contributed by atoms with Crippen LogP contribution in [0.5, 0.6) is 5.75 Å². The molecule has 1 aromatic carbocycles. The number of halogens is 2. The van der Waals surface area contributed by atoms with Crippen LogP contribution in [0.15, 0.2) is 24.3 Å². The number of alkyl halides is 2. The van der Waals surface area contributed by atoms with Crippen LogP contribution in [0.2, 0.25) is 0 Å². The first-order valence-electron chi connectivity index (χ1n) is 5.93. The summed E-state index contributed by atoms with van der Waals surface area (Å²) in [5, 5.41) is 20.2. The minimum atomic E-state index is -3.06. The van der Waals surface area contributed by atoms with Crippen molar-refractivity contribution in [1.29, 1.82) is 0 Å². The zero-order valence-electron chi connectivity index (χ0n) is 10.4. The second kappa shape index (κ2) is 6.66. The van der Waals surface area contributed by atoms with E-state index in [2.05, 4.69) is 5.32 Å². The Morgan fingerprint density at radius 1 is 1.28 bits per heavy atom. The van der Waals surface area contributed by atoms with Crippen molar-refractivity contribution in [2.75, 3.05) is 13.2 Å². The molecule has 0 aliphatic heterocycles. The Balaban J connectivity index is 2.29. The predicted molar refractivity (Wildman–Crippen MR) is 65.9 cm³/mol. The van der Waals surface area contributed by atoms with Gasteiger partial charge in [0.1, 0.15) is 12.4 Å². The fraction of sp³-hybridized carbons (Fsp3) is 0.538. The number of hydrogen-bond acceptors (Lipinski definition) is 3. The molecule has 3 N–H and O–H groups in total. The molecule has 0 aliphatic rings. The predicted octanol–water partition coefficient (Wildman–Crippen LogP) is 1.93. The average Bonchev–Trinajstić information content (AvgIpc) is 2.36. The summed E-state index contributed by atoms with van der Waals surface area (Å²) in [6.45, 7) is 0.179. The van der Waals surface area contributed by atoms with Crippen molar-refractivity contribution in [3.8, 4) is 5.75 Å². The van der Waals surface area contributed by atoms with Crippen LogP contribution in [-0.4, -0.2) is 35.3 Å². The summed E-state index contributed by atoms with van der Waals surface area (Å²) in [5.74, 6) is -2.85. The molecule has 0 aliphatic carbocycles. The van der Waals surface area contributed by atoms with Crippen molar-refractivity contribution in [3.05, 3.63) is 29.8 Å². The zero-order valence-corrected chi connectivity index (χ0v) is 10.4. The largest absolute Gasteiger partial charge is 0.508 e. The Kier molecular flexibility index (Phi) is 5.50. The number of aromatic hydroxyl groups is 1. The van der Waals surface area contributed by atoms with Crippen LogP contribution >= 0.6 is 0 Å². The van der Waals surface area contributed by atoms with Gasteiger partial charge in [0.15, 0.2) is 0 Å². The van der Waals surface area contributed by atoms with E-state index in [4.69, 9.17) is 10.2 Å². The SMILES string of the molecule is CC(CCc1ccc(O)cc1)NCC(F)(F)CO. The first-order valence-corrected chi connectivity index (χ1v) is 5.93. The molecule has 0 heterocycles. The molecule has 0 saturated heterocycles. The van der Waals surface area contributed by atoms with Gasteiger partial charge in [-0.05, 0) is 37.5 Å². The number of aryl methyl sites for hydroxylation is 1. The van der Waals surface area contributed by atoms with Crippen LogP contribution in [0.3, 0.4) is 0 Å². The van der Waals surface area contributed by atoms with Crippen LogP contribution in [0, 0.1) is 0 Å². The van der Waals surface area contributed by atoms with Crippen molar-refractivity contribution in [1.82, 2.24) is 5.32 Å². The molecule has 1 atom stereocenters. The summed E-state index contributed by atoms with van der Waals surface area (Å²) < 4.78 is 25.6. The maximum atomic E-state index is 12.8. The first kappa shape index (κ1) is 14.9. The number of phenols is 1. The molecule has 1 rings (SSSR count). The van der Waals surface area contributed by atoms with Crippen LogP contribution in [-0.2, 0) is 6.42 Å². The summed E-state index contributed by atoms with van der Waals surface area (Å²) in [4.78, 5) is 0. The number of phenolic OH excluding ortho intramolecular Hbond substituents is 1. The molecular formula is C13H19F2NO2. The fourth-order valence-electron chi connectivity index (χ4n) is 1.53. The Morgan fingerprint density at radius 3 is 2.44 bits per heavy atom. The molecule has 18 heavy (non-hydrogen) atoms. The smallest absolute Gasteiger partial charge is 0.282 e. The van der Waals surface area contributed by atoms with Crippen molar-refractivity contribution < 1.29 is 19.0 Å². The number of hydrogen-bond donors (Lipinski definition) is 3. The maximum Gasteiger partial charge on any atom is 0.282 e. The van der Waals surface area contributed by atoms with Crippen LogP contribution in [0.1, 0.15) is 18.9 Å². The molecule has 5 heteroatoms. The van der Waals surface area contributed by atoms with E-state index in [1.54, 1.807) is 12.1 Å². The molecular weight excluding hydrogens is 240 g/mol. The molecule has 0 amide bonds. The molecule has 3 nitrogen and oxygen atoms in total. The molecule has 0 fully saturated rings. The second-order valence-electron chi connectivity index (χ2n) is 4.50. The summed E-state index contributed by atoms with van der Waals surface area (Å²) in [7, 11) is 0. The molecule has 0 saturated carbocycles. The standard InChI is InChI=1S/C13H19F2NO2/c1-10(16-8-13(14,15)9-17)2-3-11-4-6-12(18)7-5-11/h4-7,10,16-18H,2-3,8-9H2,1H3. The number of aliphatic hydroxyl groups excluding tert-OH is 1. The summed E-state index contributed by atoms with van der Waals surface area (Å²) in [6, 6.07) is 6.77. The lowest BCUT2D eigenvalue weighted by atomic mass is 10.1. The van der Waals surface area contributed by atoms with Crippen molar-refractivity contribution >= 4 is 0 Å². The second-order valence-corrected chi connectivity index (χ2v) is 4.50. The first-order chi connectivity index (χ1) is 8.43. The number of benzene rings is 1. The summed E-state index contributed by atoms with van der Waals surface area (Å²) >= 11 is 0. The normalized spacial score (nSPS) is 13.6. The van der Waals surface area contributed by atoms with E-state index in [1.165, 1.54) is 0 Å². The Hall–Kier alpha value is -1.20.